The molecular weight excluding hydrogens is 583 g/mol. The molecule has 0 saturated heterocycles. The number of fused-ring (bicyclic) bond motifs is 6. The molecule has 0 aliphatic carbocycles. The lowest BCUT2D eigenvalue weighted by Gasteiger charge is -2.14. The number of hydrogen-bond donors (Lipinski definition) is 1. The van der Waals surface area contributed by atoms with Gasteiger partial charge in [-0.3, -0.25) is 4.99 Å². The fourth-order valence-electron chi connectivity index (χ4n) is 6.53. The molecule has 0 fully saturated rings. The number of aliphatic imine (C=N–C) groups is 2. The van der Waals surface area contributed by atoms with Gasteiger partial charge in [-0.1, -0.05) is 158 Å². The van der Waals surface area contributed by atoms with E-state index in [1.807, 2.05) is 79.0 Å². The second kappa shape index (κ2) is 12.8. The molecule has 0 aliphatic rings. The Labute approximate surface area is 280 Å². The van der Waals surface area contributed by atoms with Gasteiger partial charge in [-0.05, 0) is 83.9 Å². The van der Waals surface area contributed by atoms with Crippen molar-refractivity contribution in [1.82, 2.24) is 0 Å². The average molecular weight is 616 g/mol. The van der Waals surface area contributed by atoms with E-state index in [0.717, 1.165) is 27.8 Å². The van der Waals surface area contributed by atoms with E-state index in [1.165, 1.54) is 43.4 Å². The maximum Gasteiger partial charge on any atom is 0.167 e. The Hall–Kier alpha value is -6.32. The molecular formula is C45H33N3. The van der Waals surface area contributed by atoms with Crippen LogP contribution in [0.3, 0.4) is 0 Å². The highest BCUT2D eigenvalue weighted by molar-refractivity contribution is 6.26. The van der Waals surface area contributed by atoms with Crippen molar-refractivity contribution >= 4 is 44.4 Å². The molecule has 0 amide bonds. The van der Waals surface area contributed by atoms with Gasteiger partial charge < -0.3 is 5.73 Å². The summed E-state index contributed by atoms with van der Waals surface area (Å²) in [6.45, 7) is 0. The first-order valence-electron chi connectivity index (χ1n) is 16.2. The molecule has 8 aromatic carbocycles. The zero-order valence-corrected chi connectivity index (χ0v) is 26.4. The van der Waals surface area contributed by atoms with Crippen molar-refractivity contribution in [3.63, 3.8) is 0 Å². The molecule has 0 heterocycles. The lowest BCUT2D eigenvalue weighted by molar-refractivity contribution is 0.781. The maximum absolute atomic E-state index is 6.71. The Morgan fingerprint density at radius 2 is 0.938 bits per heavy atom. The van der Waals surface area contributed by atoms with Gasteiger partial charge in [0.15, 0.2) is 6.17 Å². The summed E-state index contributed by atoms with van der Waals surface area (Å²) in [5.41, 5.74) is 14.2. The summed E-state index contributed by atoms with van der Waals surface area (Å²) in [5, 5.41) is 7.49. The largest absolute Gasteiger partial charge is 0.383 e. The molecule has 3 heteroatoms. The summed E-state index contributed by atoms with van der Waals surface area (Å²) in [4.78, 5) is 9.75. The molecule has 228 valence electrons. The van der Waals surface area contributed by atoms with E-state index in [2.05, 4.69) is 103 Å². The highest BCUT2D eigenvalue weighted by atomic mass is 15.0. The van der Waals surface area contributed by atoms with Crippen LogP contribution in [0, 0.1) is 0 Å². The number of nitrogens with zero attached hydrogens (tertiary/aromatic N) is 2. The van der Waals surface area contributed by atoms with Crippen LogP contribution in [-0.4, -0.2) is 12.1 Å². The van der Waals surface area contributed by atoms with Crippen LogP contribution in [-0.2, 0) is 0 Å². The number of benzene rings is 8. The number of hydrogen-bond acceptors (Lipinski definition) is 2. The van der Waals surface area contributed by atoms with Crippen LogP contribution < -0.4 is 5.73 Å². The highest BCUT2D eigenvalue weighted by Gasteiger charge is 2.13. The van der Waals surface area contributed by atoms with Crippen LogP contribution >= 0.6 is 0 Å². The Morgan fingerprint density at radius 1 is 0.438 bits per heavy atom. The SMILES string of the molecule is N/C(=N\C(/N=C/c1ccccc1)c1ccccc1)c1cccc(-c2ccc3c4ccc(-c5ccccc5)cc4c4ccccc4c3c2)c1. The van der Waals surface area contributed by atoms with Crippen LogP contribution in [0.25, 0.3) is 54.6 Å². The Bertz CT molecular complexity index is 2430. The van der Waals surface area contributed by atoms with Crippen molar-refractivity contribution in [2.24, 2.45) is 15.7 Å². The van der Waals surface area contributed by atoms with Crippen molar-refractivity contribution in [3.8, 4) is 22.3 Å². The summed E-state index contributed by atoms with van der Waals surface area (Å²) < 4.78 is 0. The molecule has 0 radical (unpaired) electrons. The second-order valence-electron chi connectivity index (χ2n) is 12.0. The van der Waals surface area contributed by atoms with Gasteiger partial charge in [-0.25, -0.2) is 4.99 Å². The molecule has 3 nitrogen and oxygen atoms in total. The molecule has 0 aliphatic heterocycles. The molecule has 1 atom stereocenters. The van der Waals surface area contributed by atoms with Crippen LogP contribution in [0.1, 0.15) is 22.9 Å². The van der Waals surface area contributed by atoms with Gasteiger partial charge in [0, 0.05) is 11.8 Å². The molecule has 1 unspecified atom stereocenters. The zero-order chi connectivity index (χ0) is 32.3. The van der Waals surface area contributed by atoms with Crippen LogP contribution in [0.2, 0.25) is 0 Å². The zero-order valence-electron chi connectivity index (χ0n) is 26.4. The van der Waals surface area contributed by atoms with E-state index in [0.29, 0.717) is 5.84 Å². The van der Waals surface area contributed by atoms with Crippen molar-refractivity contribution in [2.75, 3.05) is 0 Å². The van der Waals surface area contributed by atoms with E-state index in [4.69, 9.17) is 15.7 Å². The summed E-state index contributed by atoms with van der Waals surface area (Å²) >= 11 is 0. The predicted molar refractivity (Wildman–Crippen MR) is 204 cm³/mol. The Kier molecular flexibility index (Phi) is 7.77. The van der Waals surface area contributed by atoms with Gasteiger partial charge in [0.05, 0.1) is 0 Å². The second-order valence-corrected chi connectivity index (χ2v) is 12.0. The fourth-order valence-corrected chi connectivity index (χ4v) is 6.53. The minimum atomic E-state index is -0.460. The molecule has 48 heavy (non-hydrogen) atoms. The van der Waals surface area contributed by atoms with Crippen molar-refractivity contribution < 1.29 is 0 Å². The Morgan fingerprint density at radius 3 is 1.58 bits per heavy atom. The van der Waals surface area contributed by atoms with Crippen molar-refractivity contribution in [2.45, 2.75) is 6.17 Å². The maximum atomic E-state index is 6.71. The highest BCUT2D eigenvalue weighted by Crippen LogP contribution is 2.39. The van der Waals surface area contributed by atoms with Gasteiger partial charge in [-0.15, -0.1) is 0 Å². The quantitative estimate of drug-likeness (QED) is 0.108. The smallest absolute Gasteiger partial charge is 0.167 e. The minimum absolute atomic E-state index is 0.447. The topological polar surface area (TPSA) is 50.7 Å². The van der Waals surface area contributed by atoms with Gasteiger partial charge in [0.1, 0.15) is 5.84 Å². The Balaban J connectivity index is 1.19. The molecule has 0 saturated carbocycles. The van der Waals surface area contributed by atoms with E-state index >= 15 is 0 Å². The normalized spacial score (nSPS) is 12.6. The number of amidine groups is 1. The van der Waals surface area contributed by atoms with E-state index < -0.39 is 6.17 Å². The van der Waals surface area contributed by atoms with Crippen LogP contribution in [0.15, 0.2) is 186 Å². The third-order valence-corrected chi connectivity index (χ3v) is 8.96. The summed E-state index contributed by atoms with van der Waals surface area (Å²) in [6.07, 6.45) is 1.40. The van der Waals surface area contributed by atoms with Crippen molar-refractivity contribution in [1.29, 1.82) is 0 Å². The predicted octanol–water partition coefficient (Wildman–Crippen LogP) is 11.0. The van der Waals surface area contributed by atoms with E-state index in [1.54, 1.807) is 0 Å². The first-order chi connectivity index (χ1) is 23.7. The molecule has 8 rings (SSSR count). The molecule has 0 bridgehead atoms. The first-order valence-corrected chi connectivity index (χ1v) is 16.2. The van der Waals surface area contributed by atoms with Crippen LogP contribution in [0.4, 0.5) is 0 Å². The lowest BCUT2D eigenvalue weighted by Crippen LogP contribution is -2.15. The average Bonchev–Trinajstić information content (AvgIpc) is 3.17. The summed E-state index contributed by atoms with van der Waals surface area (Å²) in [5.74, 6) is 0.447. The molecule has 2 N–H and O–H groups in total. The van der Waals surface area contributed by atoms with Crippen LogP contribution in [0.5, 0.6) is 0 Å². The number of rotatable bonds is 7. The van der Waals surface area contributed by atoms with Gasteiger partial charge in [-0.2, -0.15) is 0 Å². The standard InChI is InChI=1S/C45H33N3/c46-44(48-45(33-17-8-3-9-18-33)47-30-31-13-4-1-5-14-31)37-20-12-19-34(27-37)36-24-26-41-40-25-23-35(32-15-6-2-7-16-32)28-42(40)38-21-10-11-22-39(38)43(41)29-36/h1-30,45H,(H2,46,48)/b47-30+. The van der Waals surface area contributed by atoms with Gasteiger partial charge in [0.2, 0.25) is 0 Å². The minimum Gasteiger partial charge on any atom is -0.383 e. The molecule has 0 spiro atoms. The first kappa shape index (κ1) is 29.1. The van der Waals surface area contributed by atoms with E-state index in [9.17, 15) is 0 Å². The third kappa shape index (κ3) is 5.74. The van der Waals surface area contributed by atoms with Gasteiger partial charge in [0.25, 0.3) is 0 Å². The monoisotopic (exact) mass is 615 g/mol. The lowest BCUT2D eigenvalue weighted by atomic mass is 9.90. The fraction of sp³-hybridized carbons (Fsp3) is 0.0222. The van der Waals surface area contributed by atoms with E-state index in [-0.39, 0.29) is 0 Å². The molecule has 8 aromatic rings. The summed E-state index contributed by atoms with van der Waals surface area (Å²) in [7, 11) is 0. The number of nitrogens with two attached hydrogens (primary N) is 1. The third-order valence-electron chi connectivity index (χ3n) is 8.96. The van der Waals surface area contributed by atoms with Gasteiger partial charge >= 0.3 is 0 Å². The summed E-state index contributed by atoms with van der Waals surface area (Å²) in [6, 6.07) is 61.4. The van der Waals surface area contributed by atoms with Crippen molar-refractivity contribution in [3.05, 3.63) is 193 Å². The molecule has 0 aromatic heterocycles.